The van der Waals surface area contributed by atoms with Gasteiger partial charge in [-0.25, -0.2) is 9.52 Å². The van der Waals surface area contributed by atoms with Gasteiger partial charge in [-0.3, -0.25) is 4.72 Å². The second kappa shape index (κ2) is 4.72. The van der Waals surface area contributed by atoms with E-state index < -0.39 is 16.2 Å². The van der Waals surface area contributed by atoms with Crippen molar-refractivity contribution in [3.8, 4) is 0 Å². The van der Waals surface area contributed by atoms with Crippen molar-refractivity contribution in [2.24, 2.45) is 0 Å². The lowest BCUT2D eigenvalue weighted by molar-refractivity contribution is 0.0698. The number of nitrogens with one attached hydrogen (secondary N) is 2. The maximum atomic E-state index is 11.4. The second-order valence-corrected chi connectivity index (χ2v) is 5.24. The normalized spacial score (nSPS) is 11.2. The molecule has 0 fully saturated rings. The molecule has 0 aliphatic rings. The average Bonchev–Trinajstić information content (AvgIpc) is 2.21. The van der Waals surface area contributed by atoms with Crippen molar-refractivity contribution in [1.82, 2.24) is 4.72 Å². The highest BCUT2D eigenvalue weighted by atomic mass is 32.2. The highest BCUT2D eigenvalue weighted by Crippen LogP contribution is 2.23. The number of hydrogen-bond acceptors (Lipinski definition) is 3. The van der Waals surface area contributed by atoms with Crippen LogP contribution in [0.15, 0.2) is 12.1 Å². The van der Waals surface area contributed by atoms with Crippen LogP contribution in [0.4, 0.5) is 5.69 Å². The van der Waals surface area contributed by atoms with Crippen LogP contribution >= 0.6 is 0 Å². The number of benzene rings is 1. The molecule has 94 valence electrons. The highest BCUT2D eigenvalue weighted by molar-refractivity contribution is 7.90. The zero-order chi connectivity index (χ0) is 13.2. The number of carbonyl (C=O) groups is 1. The van der Waals surface area contributed by atoms with Gasteiger partial charge in [0.05, 0.1) is 11.3 Å². The molecule has 17 heavy (non-hydrogen) atoms. The molecule has 0 radical (unpaired) electrons. The molecule has 0 atom stereocenters. The number of aryl methyl sites for hydroxylation is 2. The van der Waals surface area contributed by atoms with E-state index in [1.807, 2.05) is 0 Å². The average molecular weight is 258 g/mol. The fourth-order valence-electron chi connectivity index (χ4n) is 1.46. The van der Waals surface area contributed by atoms with Crippen LogP contribution in [0, 0.1) is 13.8 Å². The van der Waals surface area contributed by atoms with Crippen molar-refractivity contribution in [3.63, 3.8) is 0 Å². The van der Waals surface area contributed by atoms with E-state index in [1.165, 1.54) is 13.1 Å². The Morgan fingerprint density at radius 1 is 1.29 bits per heavy atom. The van der Waals surface area contributed by atoms with Crippen LogP contribution in [0.3, 0.4) is 0 Å². The number of rotatable bonds is 4. The van der Waals surface area contributed by atoms with Gasteiger partial charge in [-0.1, -0.05) is 6.07 Å². The predicted octanol–water partition coefficient (Wildman–Crippen LogP) is 0.878. The largest absolute Gasteiger partial charge is 0.478 e. The van der Waals surface area contributed by atoms with Gasteiger partial charge in [0, 0.05) is 7.05 Å². The van der Waals surface area contributed by atoms with Gasteiger partial charge in [0.15, 0.2) is 0 Å². The van der Waals surface area contributed by atoms with Gasteiger partial charge < -0.3 is 5.11 Å². The number of aromatic carboxylic acids is 1. The van der Waals surface area contributed by atoms with Crippen molar-refractivity contribution in [2.75, 3.05) is 11.8 Å². The quantitative estimate of drug-likeness (QED) is 0.747. The molecule has 0 heterocycles. The van der Waals surface area contributed by atoms with Crippen molar-refractivity contribution >= 4 is 21.9 Å². The first-order chi connectivity index (χ1) is 7.76. The third-order valence-electron chi connectivity index (χ3n) is 2.22. The smallest absolute Gasteiger partial charge is 0.337 e. The van der Waals surface area contributed by atoms with E-state index in [0.29, 0.717) is 5.56 Å². The fourth-order valence-corrected chi connectivity index (χ4v) is 2.10. The maximum Gasteiger partial charge on any atom is 0.337 e. The van der Waals surface area contributed by atoms with E-state index in [2.05, 4.69) is 9.44 Å². The summed E-state index contributed by atoms with van der Waals surface area (Å²) in [6, 6.07) is 3.13. The van der Waals surface area contributed by atoms with E-state index in [1.54, 1.807) is 19.9 Å². The van der Waals surface area contributed by atoms with Gasteiger partial charge in [0.1, 0.15) is 0 Å². The zero-order valence-corrected chi connectivity index (χ0v) is 10.6. The molecule has 0 saturated heterocycles. The summed E-state index contributed by atoms with van der Waals surface area (Å²) in [6.45, 7) is 3.39. The summed E-state index contributed by atoms with van der Waals surface area (Å²) in [6.07, 6.45) is 0. The van der Waals surface area contributed by atoms with Gasteiger partial charge in [-0.15, -0.1) is 0 Å². The van der Waals surface area contributed by atoms with E-state index >= 15 is 0 Å². The maximum absolute atomic E-state index is 11.4. The topological polar surface area (TPSA) is 95.5 Å². The van der Waals surface area contributed by atoms with Crippen molar-refractivity contribution < 1.29 is 18.3 Å². The van der Waals surface area contributed by atoms with Gasteiger partial charge in [-0.05, 0) is 31.0 Å². The molecule has 0 unspecified atom stereocenters. The Bertz CT molecular complexity index is 552. The standard InChI is InChI=1S/C10H14N2O4S/c1-6-4-7(2)9(8(5-6)10(13)14)12-17(15,16)11-3/h4-5,11-12H,1-3H3,(H,13,14). The number of carboxylic acids is 1. The second-order valence-electron chi connectivity index (χ2n) is 3.62. The minimum absolute atomic E-state index is 0.0682. The Kier molecular flexibility index (Phi) is 3.74. The van der Waals surface area contributed by atoms with Gasteiger partial charge in [0.2, 0.25) is 0 Å². The molecule has 1 aromatic rings. The molecule has 1 rings (SSSR count). The lowest BCUT2D eigenvalue weighted by Gasteiger charge is -2.13. The molecule has 0 saturated carbocycles. The molecule has 6 nitrogen and oxygen atoms in total. The summed E-state index contributed by atoms with van der Waals surface area (Å²) < 4.78 is 27.0. The molecule has 0 spiro atoms. The Hall–Kier alpha value is -1.60. The van der Waals surface area contributed by atoms with E-state index in [9.17, 15) is 13.2 Å². The highest BCUT2D eigenvalue weighted by Gasteiger charge is 2.17. The molecular weight excluding hydrogens is 244 g/mol. The van der Waals surface area contributed by atoms with Crippen LogP contribution in [-0.4, -0.2) is 26.5 Å². The first kappa shape index (κ1) is 13.5. The summed E-state index contributed by atoms with van der Waals surface area (Å²) >= 11 is 0. The number of carboxylic acid groups (broad SMARTS) is 1. The van der Waals surface area contributed by atoms with Crippen LogP contribution in [0.5, 0.6) is 0 Å². The summed E-state index contributed by atoms with van der Waals surface area (Å²) in [4.78, 5) is 11.0. The number of hydrogen-bond donors (Lipinski definition) is 3. The lowest BCUT2D eigenvalue weighted by Crippen LogP contribution is -2.27. The molecule has 0 aliphatic carbocycles. The van der Waals surface area contributed by atoms with Crippen molar-refractivity contribution in [1.29, 1.82) is 0 Å². The summed E-state index contributed by atoms with van der Waals surface area (Å²) in [5, 5.41) is 9.03. The van der Waals surface area contributed by atoms with E-state index in [-0.39, 0.29) is 11.3 Å². The predicted molar refractivity (Wildman–Crippen MR) is 64.5 cm³/mol. The molecular formula is C10H14N2O4S. The summed E-state index contributed by atoms with van der Waals surface area (Å²) in [5.74, 6) is -1.18. The van der Waals surface area contributed by atoms with Crippen LogP contribution in [0.25, 0.3) is 0 Å². The Morgan fingerprint density at radius 3 is 2.35 bits per heavy atom. The third-order valence-corrected chi connectivity index (χ3v) is 3.23. The third kappa shape index (κ3) is 3.18. The van der Waals surface area contributed by atoms with Gasteiger partial charge in [0.25, 0.3) is 10.2 Å². The number of anilines is 1. The van der Waals surface area contributed by atoms with E-state index in [0.717, 1.165) is 5.56 Å². The van der Waals surface area contributed by atoms with Crippen LogP contribution < -0.4 is 9.44 Å². The van der Waals surface area contributed by atoms with E-state index in [4.69, 9.17) is 5.11 Å². The molecule has 0 bridgehead atoms. The van der Waals surface area contributed by atoms with Gasteiger partial charge in [-0.2, -0.15) is 8.42 Å². The van der Waals surface area contributed by atoms with Crippen molar-refractivity contribution in [3.05, 3.63) is 28.8 Å². The Labute approximate surface area is 99.8 Å². The van der Waals surface area contributed by atoms with Crippen LogP contribution in [0.1, 0.15) is 21.5 Å². The minimum Gasteiger partial charge on any atom is -0.478 e. The molecule has 0 aromatic heterocycles. The first-order valence-corrected chi connectivity index (χ1v) is 6.31. The lowest BCUT2D eigenvalue weighted by atomic mass is 10.0. The molecule has 7 heteroatoms. The zero-order valence-electron chi connectivity index (χ0n) is 9.73. The SMILES string of the molecule is CNS(=O)(=O)Nc1c(C)cc(C)cc1C(=O)O. The summed E-state index contributed by atoms with van der Waals surface area (Å²) in [7, 11) is -2.48. The van der Waals surface area contributed by atoms with Crippen molar-refractivity contribution in [2.45, 2.75) is 13.8 Å². The molecule has 3 N–H and O–H groups in total. The molecule has 1 aromatic carbocycles. The first-order valence-electron chi connectivity index (χ1n) is 4.82. The Morgan fingerprint density at radius 2 is 1.88 bits per heavy atom. The monoisotopic (exact) mass is 258 g/mol. The van der Waals surface area contributed by atoms with Crippen LogP contribution in [-0.2, 0) is 10.2 Å². The fraction of sp³-hybridized carbons (Fsp3) is 0.300. The summed E-state index contributed by atoms with van der Waals surface area (Å²) in [5.41, 5.74) is 1.33. The van der Waals surface area contributed by atoms with Crippen LogP contribution in [0.2, 0.25) is 0 Å². The van der Waals surface area contributed by atoms with Gasteiger partial charge >= 0.3 is 5.97 Å². The molecule has 0 aliphatic heterocycles. The Balaban J connectivity index is 3.37. The molecule has 0 amide bonds. The minimum atomic E-state index is -3.73.